The van der Waals surface area contributed by atoms with Gasteiger partial charge >= 0.3 is 0 Å². The van der Waals surface area contributed by atoms with E-state index in [0.29, 0.717) is 0 Å². The number of anilines is 1. The molecule has 0 N–H and O–H groups in total. The van der Waals surface area contributed by atoms with Gasteiger partial charge in [0, 0.05) is 20.2 Å². The molecule has 0 radical (unpaired) electrons. The molecule has 4 rings (SSSR count). The maximum atomic E-state index is 5.93. The number of rotatable bonds is 1. The van der Waals surface area contributed by atoms with Gasteiger partial charge in [-0.3, -0.25) is 0 Å². The molecule has 0 spiro atoms. The van der Waals surface area contributed by atoms with Gasteiger partial charge < -0.3 is 14.2 Å². The molecule has 0 bridgehead atoms. The van der Waals surface area contributed by atoms with Crippen LogP contribution in [0.5, 0.6) is 5.75 Å². The molecule has 3 heterocycles. The summed E-state index contributed by atoms with van der Waals surface area (Å²) in [6, 6.07) is 7.97. The van der Waals surface area contributed by atoms with Crippen molar-refractivity contribution in [3.63, 3.8) is 0 Å². The maximum absolute atomic E-state index is 5.93. The van der Waals surface area contributed by atoms with Crippen LogP contribution in [0.1, 0.15) is 5.69 Å². The molecular weight excluding hydrogens is 278 g/mol. The fourth-order valence-electron chi connectivity index (χ4n) is 2.71. The molecule has 3 aromatic rings. The molecule has 0 amide bonds. The quantitative estimate of drug-likeness (QED) is 0.640. The van der Waals surface area contributed by atoms with Gasteiger partial charge in [-0.1, -0.05) is 17.1 Å². The van der Waals surface area contributed by atoms with E-state index in [2.05, 4.69) is 9.97 Å². The van der Waals surface area contributed by atoms with Crippen LogP contribution in [-0.4, -0.2) is 21.6 Å². The predicted octanol–water partition coefficient (Wildman–Crippen LogP) is 1.62. The number of hydrogen-bond donors (Lipinski definition) is 0. The van der Waals surface area contributed by atoms with E-state index in [-0.39, 0.29) is 0 Å². The van der Waals surface area contributed by atoms with Crippen LogP contribution in [0.2, 0.25) is 0 Å². The smallest absolute Gasteiger partial charge is 0.291 e. The van der Waals surface area contributed by atoms with E-state index in [9.17, 15) is 0 Å². The van der Waals surface area contributed by atoms with E-state index < -0.39 is 0 Å². The van der Waals surface area contributed by atoms with Crippen molar-refractivity contribution in [2.45, 2.75) is 0 Å². The lowest BCUT2D eigenvalue weighted by atomic mass is 10.3. The monoisotopic (exact) mass is 294 g/mol. The number of para-hydroxylation sites is 2. The van der Waals surface area contributed by atoms with E-state index >= 15 is 0 Å². The lowest BCUT2D eigenvalue weighted by Gasteiger charge is -2.10. The summed E-state index contributed by atoms with van der Waals surface area (Å²) in [6.45, 7) is 0. The number of nitrogens with zero attached hydrogens (tertiary/aromatic N) is 5. The van der Waals surface area contributed by atoms with Crippen LogP contribution in [-0.2, 0) is 14.1 Å². The van der Waals surface area contributed by atoms with Crippen molar-refractivity contribution >= 4 is 22.9 Å². The Labute approximate surface area is 127 Å². The van der Waals surface area contributed by atoms with Crippen LogP contribution >= 0.6 is 0 Å². The molecule has 1 aromatic carbocycles. The summed E-state index contributed by atoms with van der Waals surface area (Å²) < 4.78 is 9.81. The Kier molecular flexibility index (Phi) is 2.66. The maximum Gasteiger partial charge on any atom is 0.291 e. The Bertz CT molecular complexity index is 912. The number of imidazole rings is 1. The minimum atomic E-state index is 0.755. The zero-order chi connectivity index (χ0) is 15.3. The Morgan fingerprint density at radius 3 is 2.82 bits per heavy atom. The van der Waals surface area contributed by atoms with Crippen LogP contribution in [0.15, 0.2) is 42.8 Å². The van der Waals surface area contributed by atoms with Gasteiger partial charge in [-0.05, 0) is 12.1 Å². The number of benzene rings is 1. The summed E-state index contributed by atoms with van der Waals surface area (Å²) in [7, 11) is 5.89. The highest BCUT2D eigenvalue weighted by Crippen LogP contribution is 2.38. The van der Waals surface area contributed by atoms with Crippen molar-refractivity contribution in [2.75, 3.05) is 11.9 Å². The molecule has 0 atom stereocenters. The Hall–Kier alpha value is -2.89. The third-order valence-electron chi connectivity index (χ3n) is 3.90. The minimum Gasteiger partial charge on any atom is -0.439 e. The second-order valence-electron chi connectivity index (χ2n) is 5.38. The fourth-order valence-corrected chi connectivity index (χ4v) is 2.71. The number of ether oxygens (including phenoxy) is 1. The summed E-state index contributed by atoms with van der Waals surface area (Å²) in [5, 5.41) is 0. The lowest BCUT2D eigenvalue weighted by molar-refractivity contribution is -0.649. The molecule has 1 aliphatic rings. The van der Waals surface area contributed by atoms with E-state index in [1.54, 1.807) is 12.7 Å². The van der Waals surface area contributed by atoms with Crippen molar-refractivity contribution in [3.8, 4) is 5.75 Å². The van der Waals surface area contributed by atoms with E-state index in [0.717, 1.165) is 34.2 Å². The van der Waals surface area contributed by atoms with Gasteiger partial charge in [0.25, 0.3) is 5.65 Å². The molecule has 1 aliphatic heterocycles. The summed E-state index contributed by atoms with van der Waals surface area (Å²) in [6.07, 6.45) is 5.51. The first-order valence-corrected chi connectivity index (χ1v) is 7.03. The molecule has 6 nitrogen and oxygen atoms in total. The molecule has 0 fully saturated rings. The first-order valence-electron chi connectivity index (χ1n) is 7.03. The van der Waals surface area contributed by atoms with Gasteiger partial charge in [-0.2, -0.15) is 0 Å². The second kappa shape index (κ2) is 4.56. The molecular formula is C16H16N5O+. The van der Waals surface area contributed by atoms with Crippen LogP contribution in [0.3, 0.4) is 0 Å². The fraction of sp³-hybridized carbons (Fsp3) is 0.188. The number of fused-ring (bicyclic) bond motifs is 2. The van der Waals surface area contributed by atoms with Gasteiger partial charge in [-0.15, -0.1) is 4.98 Å². The van der Waals surface area contributed by atoms with Crippen molar-refractivity contribution in [3.05, 3.63) is 48.5 Å². The average molecular weight is 294 g/mol. The number of aryl methyl sites for hydroxylation is 2. The zero-order valence-electron chi connectivity index (χ0n) is 12.7. The van der Waals surface area contributed by atoms with Crippen molar-refractivity contribution in [2.24, 2.45) is 14.1 Å². The zero-order valence-corrected chi connectivity index (χ0v) is 12.7. The Morgan fingerprint density at radius 1 is 1.18 bits per heavy atom. The topological polar surface area (TPSA) is 47.1 Å². The highest BCUT2D eigenvalue weighted by molar-refractivity contribution is 5.80. The van der Waals surface area contributed by atoms with Crippen LogP contribution in [0.4, 0.5) is 5.69 Å². The summed E-state index contributed by atoms with van der Waals surface area (Å²) >= 11 is 0. The number of aromatic nitrogens is 4. The third-order valence-corrected chi connectivity index (χ3v) is 3.90. The largest absolute Gasteiger partial charge is 0.439 e. The third kappa shape index (κ3) is 1.77. The summed E-state index contributed by atoms with van der Waals surface area (Å²) in [4.78, 5) is 11.0. The van der Waals surface area contributed by atoms with Gasteiger partial charge in [0.1, 0.15) is 0 Å². The SMILES string of the molecule is CN1/C(=C\c2nc[n+](C)c3ncn(C)c23)Oc2ccccc21. The van der Waals surface area contributed by atoms with Gasteiger partial charge in [-0.25, -0.2) is 4.57 Å². The van der Waals surface area contributed by atoms with Crippen molar-refractivity contribution in [1.29, 1.82) is 0 Å². The molecule has 22 heavy (non-hydrogen) atoms. The molecule has 0 saturated heterocycles. The van der Waals surface area contributed by atoms with E-state index in [1.807, 2.05) is 65.5 Å². The minimum absolute atomic E-state index is 0.755. The van der Waals surface area contributed by atoms with Crippen LogP contribution in [0, 0.1) is 0 Å². The number of hydrogen-bond acceptors (Lipinski definition) is 4. The first-order chi connectivity index (χ1) is 10.6. The van der Waals surface area contributed by atoms with Gasteiger partial charge in [0.05, 0.1) is 12.7 Å². The molecule has 0 saturated carbocycles. The Morgan fingerprint density at radius 2 is 2.00 bits per heavy atom. The first kappa shape index (κ1) is 12.8. The normalized spacial score (nSPS) is 15.4. The van der Waals surface area contributed by atoms with E-state index in [4.69, 9.17) is 4.74 Å². The van der Waals surface area contributed by atoms with Crippen LogP contribution < -0.4 is 14.2 Å². The molecule has 110 valence electrons. The molecule has 0 aliphatic carbocycles. The molecule has 2 aromatic heterocycles. The van der Waals surface area contributed by atoms with Gasteiger partial charge in [0.2, 0.25) is 12.2 Å². The van der Waals surface area contributed by atoms with Crippen molar-refractivity contribution in [1.82, 2.24) is 14.5 Å². The second-order valence-corrected chi connectivity index (χ2v) is 5.38. The van der Waals surface area contributed by atoms with E-state index in [1.165, 1.54) is 0 Å². The standard InChI is InChI=1S/C16H16N5O/c1-19-10-18-16-15(19)11(17-9-20(16)2)8-14-21(3)12-6-4-5-7-13(12)22-14/h4-10H,1-3H3/q+1. The highest BCUT2D eigenvalue weighted by Gasteiger charge is 2.24. The summed E-state index contributed by atoms with van der Waals surface area (Å²) in [5.74, 6) is 1.61. The van der Waals surface area contributed by atoms with Crippen molar-refractivity contribution < 1.29 is 9.30 Å². The Balaban J connectivity index is 1.85. The predicted molar refractivity (Wildman–Crippen MR) is 83.1 cm³/mol. The van der Waals surface area contributed by atoms with Crippen LogP contribution in [0.25, 0.3) is 17.2 Å². The molecule has 6 heteroatoms. The highest BCUT2D eigenvalue weighted by atomic mass is 16.5. The summed E-state index contributed by atoms with van der Waals surface area (Å²) in [5.41, 5.74) is 3.76. The molecule has 0 unspecified atom stereocenters. The lowest BCUT2D eigenvalue weighted by Crippen LogP contribution is -2.30. The average Bonchev–Trinajstić information content (AvgIpc) is 3.05. The van der Waals surface area contributed by atoms with Gasteiger partial charge in [0.15, 0.2) is 23.3 Å².